The van der Waals surface area contributed by atoms with E-state index in [0.29, 0.717) is 25.1 Å². The molecule has 2 aromatic rings. The van der Waals surface area contributed by atoms with Gasteiger partial charge in [0, 0.05) is 38.1 Å². The molecule has 4 heteroatoms. The van der Waals surface area contributed by atoms with Crippen molar-refractivity contribution in [2.75, 3.05) is 19.7 Å². The first-order chi connectivity index (χ1) is 13.1. The zero-order valence-electron chi connectivity index (χ0n) is 16.4. The van der Waals surface area contributed by atoms with Crippen molar-refractivity contribution in [3.63, 3.8) is 0 Å². The fourth-order valence-corrected chi connectivity index (χ4v) is 3.75. The molecule has 1 aliphatic rings. The first-order valence-electron chi connectivity index (χ1n) is 9.89. The summed E-state index contributed by atoms with van der Waals surface area (Å²) in [4.78, 5) is 17.1. The molecule has 27 heavy (non-hydrogen) atoms. The molecule has 1 heterocycles. The van der Waals surface area contributed by atoms with Crippen LogP contribution in [-0.4, -0.2) is 47.5 Å². The minimum atomic E-state index is 0.240. The molecule has 2 atom stereocenters. The van der Waals surface area contributed by atoms with Gasteiger partial charge in [0.25, 0.3) is 0 Å². The maximum absolute atomic E-state index is 12.6. The van der Waals surface area contributed by atoms with Crippen LogP contribution in [0.2, 0.25) is 0 Å². The van der Waals surface area contributed by atoms with Crippen molar-refractivity contribution in [2.45, 2.75) is 45.3 Å². The van der Waals surface area contributed by atoms with Gasteiger partial charge in [-0.3, -0.25) is 9.69 Å². The van der Waals surface area contributed by atoms with E-state index in [-0.39, 0.29) is 5.91 Å². The monoisotopic (exact) mass is 366 g/mol. The number of carbonyl (C=O) groups is 1. The molecule has 0 bridgehead atoms. The third kappa shape index (κ3) is 5.57. The normalized spacial score (nSPS) is 20.4. The fourth-order valence-electron chi connectivity index (χ4n) is 3.75. The maximum Gasteiger partial charge on any atom is 0.222 e. The van der Waals surface area contributed by atoms with Crippen molar-refractivity contribution in [1.29, 1.82) is 0 Å². The van der Waals surface area contributed by atoms with E-state index in [4.69, 9.17) is 4.74 Å². The Morgan fingerprint density at radius 2 is 1.56 bits per heavy atom. The minimum absolute atomic E-state index is 0.240. The van der Waals surface area contributed by atoms with Crippen molar-refractivity contribution < 1.29 is 9.53 Å². The highest BCUT2D eigenvalue weighted by atomic mass is 16.5. The lowest BCUT2D eigenvalue weighted by Gasteiger charge is -2.44. The van der Waals surface area contributed by atoms with E-state index < -0.39 is 0 Å². The Morgan fingerprint density at radius 1 is 0.963 bits per heavy atom. The molecule has 0 radical (unpaired) electrons. The molecule has 1 fully saturated rings. The number of rotatable bonds is 7. The van der Waals surface area contributed by atoms with Crippen LogP contribution in [-0.2, 0) is 11.3 Å². The van der Waals surface area contributed by atoms with Gasteiger partial charge in [-0.2, -0.15) is 0 Å². The molecule has 2 aromatic carbocycles. The zero-order valence-corrected chi connectivity index (χ0v) is 16.4. The van der Waals surface area contributed by atoms with Gasteiger partial charge in [-0.15, -0.1) is 0 Å². The predicted octanol–water partition coefficient (Wildman–Crippen LogP) is 3.97. The highest BCUT2D eigenvalue weighted by molar-refractivity contribution is 5.76. The minimum Gasteiger partial charge on any atom is -0.494 e. The van der Waals surface area contributed by atoms with Crippen molar-refractivity contribution in [1.82, 2.24) is 9.80 Å². The Balaban J connectivity index is 1.44. The third-order valence-corrected chi connectivity index (χ3v) is 5.21. The second kappa shape index (κ2) is 9.56. The Hall–Kier alpha value is -2.33. The molecule has 0 aliphatic carbocycles. The van der Waals surface area contributed by atoms with E-state index in [0.717, 1.165) is 31.8 Å². The van der Waals surface area contributed by atoms with E-state index in [1.54, 1.807) is 0 Å². The maximum atomic E-state index is 12.6. The number of carbonyl (C=O) groups excluding carboxylic acids is 1. The smallest absolute Gasteiger partial charge is 0.222 e. The van der Waals surface area contributed by atoms with Gasteiger partial charge in [0.2, 0.25) is 5.91 Å². The van der Waals surface area contributed by atoms with Gasteiger partial charge in [0.1, 0.15) is 5.75 Å². The Morgan fingerprint density at radius 3 is 2.19 bits per heavy atom. The zero-order chi connectivity index (χ0) is 19.1. The number of piperazine rings is 1. The van der Waals surface area contributed by atoms with Crippen LogP contribution in [0.3, 0.4) is 0 Å². The standard InChI is InChI=1S/C23H30N2O2/c1-19-16-24(17-20(2)25(19)18-21-10-5-3-6-11-21)23(26)14-9-15-27-22-12-7-4-8-13-22/h3-8,10-13,19-20H,9,14-18H2,1-2H3. The molecule has 1 amide bonds. The van der Waals surface area contributed by atoms with Crippen molar-refractivity contribution >= 4 is 5.91 Å². The predicted molar refractivity (Wildman–Crippen MR) is 109 cm³/mol. The summed E-state index contributed by atoms with van der Waals surface area (Å²) in [5.41, 5.74) is 1.33. The number of hydrogen-bond donors (Lipinski definition) is 0. The van der Waals surface area contributed by atoms with Crippen LogP contribution in [0, 0.1) is 0 Å². The van der Waals surface area contributed by atoms with Gasteiger partial charge < -0.3 is 9.64 Å². The fraction of sp³-hybridized carbons (Fsp3) is 0.435. The Labute approximate surface area is 162 Å². The number of para-hydroxylation sites is 1. The van der Waals surface area contributed by atoms with E-state index in [1.165, 1.54) is 5.56 Å². The second-order valence-electron chi connectivity index (χ2n) is 7.42. The number of amides is 1. The first kappa shape index (κ1) is 19.4. The third-order valence-electron chi connectivity index (χ3n) is 5.21. The van der Waals surface area contributed by atoms with Crippen LogP contribution in [0.5, 0.6) is 5.75 Å². The largest absolute Gasteiger partial charge is 0.494 e. The van der Waals surface area contributed by atoms with Crippen LogP contribution in [0.15, 0.2) is 60.7 Å². The molecular formula is C23H30N2O2. The van der Waals surface area contributed by atoms with Gasteiger partial charge in [0.05, 0.1) is 6.61 Å². The lowest BCUT2D eigenvalue weighted by Crippen LogP contribution is -2.57. The molecule has 2 unspecified atom stereocenters. The molecule has 4 nitrogen and oxygen atoms in total. The average Bonchev–Trinajstić information content (AvgIpc) is 2.69. The molecule has 0 saturated carbocycles. The lowest BCUT2D eigenvalue weighted by atomic mass is 10.1. The van der Waals surface area contributed by atoms with E-state index >= 15 is 0 Å². The summed E-state index contributed by atoms with van der Waals surface area (Å²) in [6.45, 7) is 7.56. The molecule has 3 rings (SSSR count). The number of ether oxygens (including phenoxy) is 1. The van der Waals surface area contributed by atoms with Crippen molar-refractivity contribution in [3.05, 3.63) is 66.2 Å². The number of nitrogens with zero attached hydrogens (tertiary/aromatic N) is 2. The molecule has 1 aliphatic heterocycles. The summed E-state index contributed by atoms with van der Waals surface area (Å²) >= 11 is 0. The Kier molecular flexibility index (Phi) is 6.88. The highest BCUT2D eigenvalue weighted by Crippen LogP contribution is 2.20. The van der Waals surface area contributed by atoms with Crippen LogP contribution >= 0.6 is 0 Å². The molecule has 1 saturated heterocycles. The van der Waals surface area contributed by atoms with Crippen LogP contribution in [0.4, 0.5) is 0 Å². The van der Waals surface area contributed by atoms with Crippen LogP contribution in [0.25, 0.3) is 0 Å². The van der Waals surface area contributed by atoms with E-state index in [1.807, 2.05) is 35.2 Å². The SMILES string of the molecule is CC1CN(C(=O)CCCOc2ccccc2)CC(C)N1Cc1ccccc1. The van der Waals surface area contributed by atoms with Gasteiger partial charge in [-0.05, 0) is 38.0 Å². The van der Waals surface area contributed by atoms with E-state index in [2.05, 4.69) is 49.1 Å². The second-order valence-corrected chi connectivity index (χ2v) is 7.42. The summed E-state index contributed by atoms with van der Waals surface area (Å²) in [5.74, 6) is 1.10. The summed E-state index contributed by atoms with van der Waals surface area (Å²) < 4.78 is 5.69. The van der Waals surface area contributed by atoms with Crippen LogP contribution < -0.4 is 4.74 Å². The molecular weight excluding hydrogens is 336 g/mol. The molecule has 144 valence electrons. The Bertz CT molecular complexity index is 693. The van der Waals surface area contributed by atoms with Gasteiger partial charge in [0.15, 0.2) is 0 Å². The van der Waals surface area contributed by atoms with Gasteiger partial charge in [-0.1, -0.05) is 48.5 Å². The molecule has 0 aromatic heterocycles. The molecule has 0 N–H and O–H groups in total. The summed E-state index contributed by atoms with van der Waals surface area (Å²) in [5, 5.41) is 0. The first-order valence-corrected chi connectivity index (χ1v) is 9.89. The highest BCUT2D eigenvalue weighted by Gasteiger charge is 2.31. The molecule has 0 spiro atoms. The van der Waals surface area contributed by atoms with Gasteiger partial charge >= 0.3 is 0 Å². The quantitative estimate of drug-likeness (QED) is 0.695. The van der Waals surface area contributed by atoms with Crippen molar-refractivity contribution in [3.8, 4) is 5.75 Å². The summed E-state index contributed by atoms with van der Waals surface area (Å²) in [6.07, 6.45) is 1.30. The van der Waals surface area contributed by atoms with Crippen molar-refractivity contribution in [2.24, 2.45) is 0 Å². The summed E-state index contributed by atoms with van der Waals surface area (Å²) in [7, 11) is 0. The van der Waals surface area contributed by atoms with E-state index in [9.17, 15) is 4.79 Å². The van der Waals surface area contributed by atoms with Crippen LogP contribution in [0.1, 0.15) is 32.3 Å². The summed E-state index contributed by atoms with van der Waals surface area (Å²) in [6, 6.07) is 21.0. The average molecular weight is 367 g/mol. The lowest BCUT2D eigenvalue weighted by molar-refractivity contribution is -0.136. The van der Waals surface area contributed by atoms with Gasteiger partial charge in [-0.25, -0.2) is 0 Å². The topological polar surface area (TPSA) is 32.8 Å². The number of hydrogen-bond acceptors (Lipinski definition) is 3. The number of benzene rings is 2.